The van der Waals surface area contributed by atoms with Crippen LogP contribution in [0.15, 0.2) is 0 Å². The molecule has 1 aliphatic heterocycles. The number of carbonyl (C=O) groups is 2. The van der Waals surface area contributed by atoms with Crippen LogP contribution in [0.2, 0.25) is 0 Å². The van der Waals surface area contributed by atoms with Gasteiger partial charge >= 0.3 is 5.97 Å². The van der Waals surface area contributed by atoms with Crippen molar-refractivity contribution in [2.45, 2.75) is 64.6 Å². The normalized spacial score (nSPS) is 21.0. The van der Waals surface area contributed by atoms with Gasteiger partial charge in [0, 0.05) is 6.54 Å². The Morgan fingerprint density at radius 2 is 1.78 bits per heavy atom. The fraction of sp³-hybridized carbons (Fsp3) is 0.846. The van der Waals surface area contributed by atoms with Crippen molar-refractivity contribution in [3.8, 4) is 0 Å². The van der Waals surface area contributed by atoms with E-state index in [0.717, 1.165) is 6.42 Å². The predicted octanol–water partition coefficient (Wildman–Crippen LogP) is 0.340. The molecule has 1 atom stereocenters. The van der Waals surface area contributed by atoms with Crippen molar-refractivity contribution in [2.24, 2.45) is 0 Å². The average molecular weight is 257 g/mol. The highest BCUT2D eigenvalue weighted by Crippen LogP contribution is 2.23. The number of likely N-dealkylation sites (tertiary alicyclic amines) is 1. The van der Waals surface area contributed by atoms with E-state index in [1.807, 2.05) is 20.8 Å². The SMILES string of the molecule is CC(C)(C)OC(=O)C1CCCN1C(=O)C(C)(C)[NH3+]. The maximum atomic E-state index is 12.2. The number of nitrogens with zero attached hydrogens (tertiary/aromatic N) is 1. The first kappa shape index (κ1) is 15.0. The molecule has 104 valence electrons. The van der Waals surface area contributed by atoms with Crippen LogP contribution in [0, 0.1) is 0 Å². The van der Waals surface area contributed by atoms with Crippen LogP contribution in [0.5, 0.6) is 0 Å². The summed E-state index contributed by atoms with van der Waals surface area (Å²) in [4.78, 5) is 25.9. The minimum atomic E-state index is -0.704. The summed E-state index contributed by atoms with van der Waals surface area (Å²) in [6.45, 7) is 9.63. The standard InChI is InChI=1S/C13H24N2O3/c1-12(2,3)18-10(16)9-7-6-8-15(9)11(17)13(4,5)14/h9H,6-8,14H2,1-5H3/p+1. The molecule has 0 aliphatic carbocycles. The van der Waals surface area contributed by atoms with E-state index in [0.29, 0.717) is 13.0 Å². The summed E-state index contributed by atoms with van der Waals surface area (Å²) in [5.74, 6) is -0.395. The van der Waals surface area contributed by atoms with Crippen LogP contribution in [0.25, 0.3) is 0 Å². The topological polar surface area (TPSA) is 74.2 Å². The van der Waals surface area contributed by atoms with Gasteiger partial charge in [0.25, 0.3) is 5.91 Å². The van der Waals surface area contributed by atoms with Crippen molar-refractivity contribution in [1.29, 1.82) is 0 Å². The number of hydrogen-bond donors (Lipinski definition) is 1. The number of amides is 1. The Balaban J connectivity index is 2.77. The van der Waals surface area contributed by atoms with E-state index in [4.69, 9.17) is 4.74 Å². The molecule has 0 radical (unpaired) electrons. The predicted molar refractivity (Wildman–Crippen MR) is 67.5 cm³/mol. The van der Waals surface area contributed by atoms with Crippen LogP contribution < -0.4 is 5.73 Å². The van der Waals surface area contributed by atoms with E-state index >= 15 is 0 Å². The number of hydrogen-bond acceptors (Lipinski definition) is 3. The maximum absolute atomic E-state index is 12.2. The van der Waals surface area contributed by atoms with Crippen LogP contribution >= 0.6 is 0 Å². The quantitative estimate of drug-likeness (QED) is 0.725. The lowest BCUT2D eigenvalue weighted by Crippen LogP contribution is -2.76. The van der Waals surface area contributed by atoms with Gasteiger partial charge in [-0.15, -0.1) is 0 Å². The van der Waals surface area contributed by atoms with Gasteiger partial charge in [-0.25, -0.2) is 4.79 Å². The van der Waals surface area contributed by atoms with Crippen molar-refractivity contribution < 1.29 is 20.1 Å². The van der Waals surface area contributed by atoms with E-state index in [2.05, 4.69) is 5.73 Å². The molecule has 0 aromatic carbocycles. The molecule has 1 heterocycles. The second kappa shape index (κ2) is 4.88. The Morgan fingerprint density at radius 1 is 1.22 bits per heavy atom. The van der Waals surface area contributed by atoms with Gasteiger partial charge in [0.2, 0.25) is 0 Å². The lowest BCUT2D eigenvalue weighted by Gasteiger charge is -2.29. The first-order valence-electron chi connectivity index (χ1n) is 6.42. The molecule has 1 amide bonds. The summed E-state index contributed by atoms with van der Waals surface area (Å²) in [5, 5.41) is 0. The third kappa shape index (κ3) is 3.70. The summed E-state index contributed by atoms with van der Waals surface area (Å²) in [6.07, 6.45) is 1.52. The Kier molecular flexibility index (Phi) is 4.05. The molecule has 18 heavy (non-hydrogen) atoms. The molecular weight excluding hydrogens is 232 g/mol. The molecule has 5 nitrogen and oxygen atoms in total. The van der Waals surface area contributed by atoms with Gasteiger partial charge in [0.1, 0.15) is 11.6 Å². The van der Waals surface area contributed by atoms with Gasteiger partial charge in [0.05, 0.1) is 0 Å². The van der Waals surface area contributed by atoms with Crippen molar-refractivity contribution in [3.63, 3.8) is 0 Å². The second-order valence-electron chi connectivity index (χ2n) is 6.57. The van der Waals surface area contributed by atoms with Crippen LogP contribution in [-0.2, 0) is 14.3 Å². The summed E-state index contributed by atoms with van der Waals surface area (Å²) >= 11 is 0. The fourth-order valence-electron chi connectivity index (χ4n) is 2.01. The number of rotatable bonds is 2. The van der Waals surface area contributed by atoms with Gasteiger partial charge < -0.3 is 15.4 Å². The van der Waals surface area contributed by atoms with Gasteiger partial charge in [-0.05, 0) is 47.5 Å². The fourth-order valence-corrected chi connectivity index (χ4v) is 2.01. The molecule has 1 saturated heterocycles. The van der Waals surface area contributed by atoms with E-state index < -0.39 is 17.2 Å². The average Bonchev–Trinajstić information content (AvgIpc) is 2.60. The first-order valence-corrected chi connectivity index (χ1v) is 6.42. The second-order valence-corrected chi connectivity index (χ2v) is 6.57. The largest absolute Gasteiger partial charge is 0.458 e. The minimum absolute atomic E-state index is 0.0872. The number of carbonyl (C=O) groups excluding carboxylic acids is 2. The Labute approximate surface area is 109 Å². The molecule has 1 rings (SSSR count). The molecule has 0 bridgehead atoms. The van der Waals surface area contributed by atoms with Gasteiger partial charge in [0.15, 0.2) is 5.54 Å². The van der Waals surface area contributed by atoms with Gasteiger partial charge in [-0.3, -0.25) is 4.79 Å². The highest BCUT2D eigenvalue weighted by atomic mass is 16.6. The molecule has 0 saturated carbocycles. The Hall–Kier alpha value is -1.10. The molecule has 1 fully saturated rings. The highest BCUT2D eigenvalue weighted by molar-refractivity contribution is 5.89. The minimum Gasteiger partial charge on any atom is -0.458 e. The molecule has 1 unspecified atom stereocenters. The van der Waals surface area contributed by atoms with Crippen molar-refractivity contribution >= 4 is 11.9 Å². The Bertz CT molecular complexity index is 339. The van der Waals surface area contributed by atoms with Crippen molar-refractivity contribution in [1.82, 2.24) is 4.90 Å². The molecule has 0 aromatic heterocycles. The molecule has 0 aromatic rings. The van der Waals surface area contributed by atoms with E-state index in [1.54, 1.807) is 18.7 Å². The molecule has 3 N–H and O–H groups in total. The summed E-state index contributed by atoms with van der Waals surface area (Å²) in [5.41, 5.74) is 2.62. The van der Waals surface area contributed by atoms with E-state index in [9.17, 15) is 9.59 Å². The van der Waals surface area contributed by atoms with Gasteiger partial charge in [-0.1, -0.05) is 0 Å². The summed E-state index contributed by atoms with van der Waals surface area (Å²) in [6, 6.07) is -0.447. The zero-order valence-electron chi connectivity index (χ0n) is 12.1. The third-order valence-corrected chi connectivity index (χ3v) is 2.77. The van der Waals surface area contributed by atoms with E-state index in [1.165, 1.54) is 0 Å². The molecule has 5 heteroatoms. The first-order chi connectivity index (χ1) is 8.02. The van der Waals surface area contributed by atoms with Crippen LogP contribution in [0.1, 0.15) is 47.5 Å². The van der Waals surface area contributed by atoms with Crippen molar-refractivity contribution in [2.75, 3.05) is 6.54 Å². The lowest BCUT2D eigenvalue weighted by molar-refractivity contribution is -0.448. The van der Waals surface area contributed by atoms with Crippen LogP contribution in [-0.4, -0.2) is 40.5 Å². The zero-order valence-corrected chi connectivity index (χ0v) is 12.1. The summed E-state index contributed by atoms with van der Waals surface area (Å²) < 4.78 is 5.36. The molecule has 0 spiro atoms. The lowest BCUT2D eigenvalue weighted by atomic mass is 10.0. The van der Waals surface area contributed by atoms with Crippen LogP contribution in [0.4, 0.5) is 0 Å². The smallest absolute Gasteiger partial charge is 0.329 e. The maximum Gasteiger partial charge on any atom is 0.329 e. The summed E-state index contributed by atoms with van der Waals surface area (Å²) in [7, 11) is 0. The van der Waals surface area contributed by atoms with Gasteiger partial charge in [-0.2, -0.15) is 0 Å². The Morgan fingerprint density at radius 3 is 2.22 bits per heavy atom. The van der Waals surface area contributed by atoms with E-state index in [-0.39, 0.29) is 11.9 Å². The zero-order chi connectivity index (χ0) is 14.1. The van der Waals surface area contributed by atoms with Crippen molar-refractivity contribution in [3.05, 3.63) is 0 Å². The number of ether oxygens (including phenoxy) is 1. The number of esters is 1. The number of quaternary nitrogens is 1. The third-order valence-electron chi connectivity index (χ3n) is 2.77. The van der Waals surface area contributed by atoms with Crippen LogP contribution in [0.3, 0.4) is 0 Å². The monoisotopic (exact) mass is 257 g/mol. The molecule has 1 aliphatic rings. The molecular formula is C13H25N2O3+. The highest BCUT2D eigenvalue weighted by Gasteiger charge is 2.42.